The number of ether oxygens (including phenoxy) is 6. The Kier molecular flexibility index (Phi) is 22.9. The van der Waals surface area contributed by atoms with E-state index in [-0.39, 0.29) is 6.10 Å². The van der Waals surface area contributed by atoms with E-state index in [1.807, 2.05) is 30.3 Å². The number of nitrogens with zero attached hydrogens (tertiary/aromatic N) is 2. The van der Waals surface area contributed by atoms with Gasteiger partial charge in [-0.05, 0) is 194 Å². The van der Waals surface area contributed by atoms with Gasteiger partial charge in [-0.2, -0.15) is 9.97 Å². The summed E-state index contributed by atoms with van der Waals surface area (Å²) in [5.41, 5.74) is 11.9. The minimum Gasteiger partial charge on any atom is -0.478 e. The number of fused-ring (bicyclic) bond motifs is 5. The van der Waals surface area contributed by atoms with Crippen LogP contribution in [-0.2, 0) is 18.9 Å². The molecule has 374 valence electrons. The van der Waals surface area contributed by atoms with Crippen molar-refractivity contribution in [2.75, 3.05) is 96.3 Å². The number of nitrogens with one attached hydrogen (secondary N) is 2. The van der Waals surface area contributed by atoms with E-state index in [9.17, 15) is 0 Å². The second-order valence-electron chi connectivity index (χ2n) is 20.8. The highest BCUT2D eigenvalue weighted by Crippen LogP contribution is 2.68. The zero-order chi connectivity index (χ0) is 46.3. The number of nitrogens with two attached hydrogens (primary N) is 2. The van der Waals surface area contributed by atoms with Crippen molar-refractivity contribution in [3.63, 3.8) is 0 Å². The average molecular weight is 921 g/mol. The van der Waals surface area contributed by atoms with Crippen LogP contribution in [0.5, 0.6) is 11.8 Å². The van der Waals surface area contributed by atoms with Gasteiger partial charge < -0.3 is 50.5 Å². The largest absolute Gasteiger partial charge is 0.478 e. The lowest BCUT2D eigenvalue weighted by atomic mass is 9.44. The van der Waals surface area contributed by atoms with Gasteiger partial charge in [-0.25, -0.2) is 0 Å². The summed E-state index contributed by atoms with van der Waals surface area (Å²) in [7, 11) is 0. The van der Waals surface area contributed by atoms with Gasteiger partial charge in [0.15, 0.2) is 0 Å². The molecule has 4 saturated carbocycles. The number of unbranched alkanes of at least 4 members (excludes halogenated alkanes) is 2. The summed E-state index contributed by atoms with van der Waals surface area (Å²) in [4.78, 5) is 9.59. The Morgan fingerprint density at radius 3 is 1.76 bits per heavy atom. The van der Waals surface area contributed by atoms with E-state index in [4.69, 9.17) is 49.9 Å². The van der Waals surface area contributed by atoms with Crippen LogP contribution in [-0.4, -0.2) is 102 Å². The van der Waals surface area contributed by atoms with Gasteiger partial charge in [-0.3, -0.25) is 0 Å². The van der Waals surface area contributed by atoms with Crippen LogP contribution < -0.4 is 31.6 Å². The summed E-state index contributed by atoms with van der Waals surface area (Å²) >= 11 is 0. The molecule has 4 fully saturated rings. The zero-order valence-electron chi connectivity index (χ0n) is 41.6. The maximum Gasteiger partial charge on any atom is 0.215 e. The number of aromatic nitrogens is 2. The summed E-state index contributed by atoms with van der Waals surface area (Å²) < 4.78 is 35.6. The summed E-state index contributed by atoms with van der Waals surface area (Å²) in [5, 5.41) is 6.93. The Bertz CT molecular complexity index is 1620. The zero-order valence-corrected chi connectivity index (χ0v) is 41.6. The Morgan fingerprint density at radius 1 is 0.591 bits per heavy atom. The summed E-state index contributed by atoms with van der Waals surface area (Å²) in [6, 6.07) is 12.2. The molecule has 2 aromatic rings. The number of pyridine rings is 2. The van der Waals surface area contributed by atoms with Crippen LogP contribution in [0.3, 0.4) is 0 Å². The molecule has 0 amide bonds. The van der Waals surface area contributed by atoms with Gasteiger partial charge in [0.05, 0.1) is 6.61 Å². The third-order valence-electron chi connectivity index (χ3n) is 16.3. The van der Waals surface area contributed by atoms with Crippen molar-refractivity contribution in [3.8, 4) is 11.8 Å². The molecule has 0 spiro atoms. The first-order valence-corrected chi connectivity index (χ1v) is 26.8. The molecule has 4 aliphatic carbocycles. The van der Waals surface area contributed by atoms with Crippen molar-refractivity contribution in [2.45, 2.75) is 149 Å². The normalized spacial score (nSPS) is 27.4. The van der Waals surface area contributed by atoms with Gasteiger partial charge >= 0.3 is 0 Å². The van der Waals surface area contributed by atoms with Crippen molar-refractivity contribution < 1.29 is 28.4 Å². The molecule has 0 aromatic carbocycles. The van der Waals surface area contributed by atoms with Crippen molar-refractivity contribution in [2.24, 2.45) is 57.8 Å². The standard InChI is InChI=1S/C54H92N6O6/c1-42(15-10-40-65-51-18-8-16-49(59-51)57-30-13-38-63-34-6-4-32-61-36-11-28-55)46-22-23-47-45-21-20-43-41-44(24-26-53(43,2)48(45)25-27-54(46,47)3)66-52-19-9-17-50(60-52)58-31-14-39-64-35-7-5-33-62-37-12-29-56/h8-9,16-19,42-48H,4-7,10-15,20-41,55-56H2,1-3H3,(H,57,59)(H,58,60)/t42-,43-,44+,45+,46-,47+,48+,53+,54-/m1/s1. The fourth-order valence-electron chi connectivity index (χ4n) is 12.8. The van der Waals surface area contributed by atoms with Crippen molar-refractivity contribution in [1.29, 1.82) is 0 Å². The lowest BCUT2D eigenvalue weighted by Gasteiger charge is -2.61. The molecule has 0 bridgehead atoms. The summed E-state index contributed by atoms with van der Waals surface area (Å²) in [6.07, 6.45) is 22.4. The number of anilines is 2. The van der Waals surface area contributed by atoms with Gasteiger partial charge in [0.1, 0.15) is 17.7 Å². The maximum atomic E-state index is 6.66. The molecule has 0 unspecified atom stereocenters. The number of rotatable bonds is 34. The molecule has 0 aliphatic heterocycles. The first-order chi connectivity index (χ1) is 32.3. The van der Waals surface area contributed by atoms with Crippen LogP contribution in [0.2, 0.25) is 0 Å². The van der Waals surface area contributed by atoms with E-state index in [1.54, 1.807) is 0 Å². The molecule has 9 atom stereocenters. The van der Waals surface area contributed by atoms with Crippen LogP contribution in [0.25, 0.3) is 0 Å². The third-order valence-corrected chi connectivity index (χ3v) is 16.3. The predicted octanol–water partition coefficient (Wildman–Crippen LogP) is 10.3. The molecule has 12 heteroatoms. The molecule has 6 N–H and O–H groups in total. The van der Waals surface area contributed by atoms with Crippen LogP contribution >= 0.6 is 0 Å². The van der Waals surface area contributed by atoms with Gasteiger partial charge in [-0.15, -0.1) is 0 Å². The van der Waals surface area contributed by atoms with Gasteiger partial charge in [0.2, 0.25) is 11.8 Å². The minimum atomic E-state index is 0.252. The van der Waals surface area contributed by atoms with Crippen molar-refractivity contribution in [1.82, 2.24) is 9.97 Å². The Labute approximate surface area is 399 Å². The molecule has 0 radical (unpaired) electrons. The fourth-order valence-corrected chi connectivity index (χ4v) is 12.8. The molecule has 4 aliphatic rings. The SMILES string of the molecule is C[C@H](CCCOc1cccc(NCCCOCCCCOCCCN)n1)[C@H]1CC[C@H]2[C@@H]3CC[C@@H]4C[C@@H](Oc5cccc(NCCCOCCCCOCCCN)n5)CC[C@]4(C)[C@H]3CC[C@]12C. The second-order valence-corrected chi connectivity index (χ2v) is 20.8. The van der Waals surface area contributed by atoms with Crippen LogP contribution in [0, 0.1) is 46.3 Å². The molecule has 66 heavy (non-hydrogen) atoms. The van der Waals surface area contributed by atoms with E-state index < -0.39 is 0 Å². The Hall–Kier alpha value is -2.74. The third kappa shape index (κ3) is 15.9. The van der Waals surface area contributed by atoms with E-state index in [2.05, 4.69) is 37.5 Å². The molecular formula is C54H92N6O6. The molecule has 2 heterocycles. The maximum absolute atomic E-state index is 6.66. The highest BCUT2D eigenvalue weighted by Gasteiger charge is 2.60. The topological polar surface area (TPSA) is 157 Å². The van der Waals surface area contributed by atoms with Gasteiger partial charge in [0, 0.05) is 78.1 Å². The monoisotopic (exact) mass is 921 g/mol. The van der Waals surface area contributed by atoms with Crippen molar-refractivity contribution >= 4 is 11.6 Å². The highest BCUT2D eigenvalue weighted by atomic mass is 16.5. The summed E-state index contributed by atoms with van der Waals surface area (Å²) in [5.74, 6) is 8.09. The van der Waals surface area contributed by atoms with E-state index in [0.29, 0.717) is 35.7 Å². The smallest absolute Gasteiger partial charge is 0.215 e. The highest BCUT2D eigenvalue weighted by molar-refractivity contribution is 5.37. The quantitative estimate of drug-likeness (QED) is 0.0494. The van der Waals surface area contributed by atoms with E-state index in [1.165, 1.54) is 57.8 Å². The van der Waals surface area contributed by atoms with Gasteiger partial charge in [-0.1, -0.05) is 32.9 Å². The first-order valence-electron chi connectivity index (χ1n) is 26.8. The Balaban J connectivity index is 0.848. The van der Waals surface area contributed by atoms with E-state index >= 15 is 0 Å². The second kappa shape index (κ2) is 28.7. The van der Waals surface area contributed by atoms with Gasteiger partial charge in [0.25, 0.3) is 0 Å². The Morgan fingerprint density at radius 2 is 1.14 bits per heavy atom. The predicted molar refractivity (Wildman–Crippen MR) is 267 cm³/mol. The molecule has 6 rings (SSSR count). The van der Waals surface area contributed by atoms with E-state index in [0.717, 1.165) is 184 Å². The first kappa shape index (κ1) is 52.6. The molecular weight excluding hydrogens is 829 g/mol. The fraction of sp³-hybridized carbons (Fsp3) is 0.815. The summed E-state index contributed by atoms with van der Waals surface area (Å²) in [6.45, 7) is 17.8. The van der Waals surface area contributed by atoms with Crippen molar-refractivity contribution in [3.05, 3.63) is 36.4 Å². The minimum absolute atomic E-state index is 0.252. The lowest BCUT2D eigenvalue weighted by molar-refractivity contribution is -0.127. The van der Waals surface area contributed by atoms with Crippen LogP contribution in [0.15, 0.2) is 36.4 Å². The lowest BCUT2D eigenvalue weighted by Crippen LogP contribution is -2.54. The number of hydrogen-bond donors (Lipinski definition) is 4. The molecule has 0 saturated heterocycles. The molecule has 2 aromatic heterocycles. The average Bonchev–Trinajstić information content (AvgIpc) is 3.69. The number of hydrogen-bond acceptors (Lipinski definition) is 12. The van der Waals surface area contributed by atoms with Crippen LogP contribution in [0.1, 0.15) is 143 Å². The van der Waals surface area contributed by atoms with Crippen LogP contribution in [0.4, 0.5) is 11.6 Å². The molecule has 12 nitrogen and oxygen atoms in total.